The van der Waals surface area contributed by atoms with Crippen molar-refractivity contribution in [1.82, 2.24) is 4.90 Å². The molecule has 2 heterocycles. The van der Waals surface area contributed by atoms with Crippen molar-refractivity contribution in [2.24, 2.45) is 0 Å². The van der Waals surface area contributed by atoms with Gasteiger partial charge in [0.25, 0.3) is 10.0 Å². The van der Waals surface area contributed by atoms with Crippen LogP contribution in [0.4, 0.5) is 37.7 Å². The number of carbonyl (C=O) groups is 2. The number of carboxylic acid groups (broad SMARTS) is 1. The Labute approximate surface area is 257 Å². The van der Waals surface area contributed by atoms with Gasteiger partial charge in [-0.25, -0.2) is 13.2 Å². The molecule has 0 saturated carbocycles. The predicted molar refractivity (Wildman–Crippen MR) is 153 cm³/mol. The third-order valence-electron chi connectivity index (χ3n) is 7.46. The molecule has 1 amide bonds. The molecule has 0 aliphatic carbocycles. The second-order valence-corrected chi connectivity index (χ2v) is 12.5. The second-order valence-electron chi connectivity index (χ2n) is 10.2. The number of rotatable bonds is 4. The fourth-order valence-electron chi connectivity index (χ4n) is 5.35. The number of carboxylic acids is 1. The fourth-order valence-corrected chi connectivity index (χ4v) is 7.14. The number of sulfonamides is 1. The number of alkyl halides is 6. The van der Waals surface area contributed by atoms with Crippen LogP contribution in [0.25, 0.3) is 12.2 Å². The van der Waals surface area contributed by atoms with Gasteiger partial charge in [-0.2, -0.15) is 26.3 Å². The van der Waals surface area contributed by atoms with Crippen LogP contribution in [-0.2, 0) is 32.0 Å². The summed E-state index contributed by atoms with van der Waals surface area (Å²) in [6.07, 6.45) is -7.13. The monoisotopic (exact) mass is 673 g/mol. The maximum Gasteiger partial charge on any atom is 0.417 e. The summed E-state index contributed by atoms with van der Waals surface area (Å²) in [6.45, 7) is -0.452. The number of aliphatic carboxylic acids is 1. The number of piperazine rings is 1. The standard InChI is InChI=1S/C29H22ClF6N3O5S/c30-23-6-2-5-22(29(34,35)36)21(23)9-7-17-8-10-24-25(13-17)39(16-19-15-37(11-12-38(19)24)26(40)27(41)42)45(43,44)20-4-1-3-18(14-20)28(31,32)33/h1-10,13-14,19H,11-12,15-16H2,(H,41,42)/b9-7+. The van der Waals surface area contributed by atoms with Gasteiger partial charge >= 0.3 is 24.2 Å². The number of hydrogen-bond acceptors (Lipinski definition) is 5. The quantitative estimate of drug-likeness (QED) is 0.212. The number of hydrogen-bond donors (Lipinski definition) is 1. The zero-order chi connectivity index (χ0) is 32.9. The summed E-state index contributed by atoms with van der Waals surface area (Å²) in [5.74, 6) is -2.89. The molecule has 1 N–H and O–H groups in total. The smallest absolute Gasteiger partial charge is 0.417 e. The fraction of sp³-hybridized carbons (Fsp3) is 0.241. The third-order valence-corrected chi connectivity index (χ3v) is 9.56. The lowest BCUT2D eigenvalue weighted by Gasteiger charge is -2.48. The van der Waals surface area contributed by atoms with E-state index in [4.69, 9.17) is 11.6 Å². The van der Waals surface area contributed by atoms with Crippen molar-refractivity contribution in [1.29, 1.82) is 0 Å². The van der Waals surface area contributed by atoms with E-state index in [1.807, 2.05) is 0 Å². The SMILES string of the molecule is O=C(O)C(=O)N1CCN2c3ccc(/C=C/c4c(Cl)cccc4C(F)(F)F)cc3N(S(=O)(=O)c3cccc(C(F)(F)F)c3)CC2C1. The molecule has 1 unspecified atom stereocenters. The molecule has 0 bridgehead atoms. The molecule has 8 nitrogen and oxygen atoms in total. The number of carbonyl (C=O) groups excluding carboxylic acids is 1. The Balaban J connectivity index is 1.60. The zero-order valence-electron chi connectivity index (χ0n) is 22.8. The van der Waals surface area contributed by atoms with Crippen molar-refractivity contribution in [3.8, 4) is 0 Å². The Hall–Kier alpha value is -4.24. The maximum absolute atomic E-state index is 13.9. The maximum atomic E-state index is 13.9. The van der Waals surface area contributed by atoms with Crippen LogP contribution in [0, 0.1) is 0 Å². The van der Waals surface area contributed by atoms with E-state index in [0.717, 1.165) is 39.5 Å². The second kappa shape index (κ2) is 11.6. The topological polar surface area (TPSA) is 98.2 Å². The van der Waals surface area contributed by atoms with E-state index in [1.54, 1.807) is 4.90 Å². The van der Waals surface area contributed by atoms with Crippen molar-refractivity contribution in [2.75, 3.05) is 35.4 Å². The molecule has 2 aliphatic heterocycles. The van der Waals surface area contributed by atoms with Crippen molar-refractivity contribution < 1.29 is 49.5 Å². The van der Waals surface area contributed by atoms with Crippen molar-refractivity contribution in [3.05, 3.63) is 87.9 Å². The largest absolute Gasteiger partial charge is 0.474 e. The molecule has 1 atom stereocenters. The van der Waals surface area contributed by atoms with Gasteiger partial charge in [0.15, 0.2) is 0 Å². The summed E-state index contributed by atoms with van der Waals surface area (Å²) >= 11 is 6.05. The van der Waals surface area contributed by atoms with E-state index in [-0.39, 0.29) is 48.0 Å². The summed E-state index contributed by atoms with van der Waals surface area (Å²) in [5.41, 5.74) is -1.92. The number of nitrogens with zero attached hydrogens (tertiary/aromatic N) is 3. The molecule has 3 aromatic carbocycles. The highest BCUT2D eigenvalue weighted by atomic mass is 35.5. The molecular formula is C29H22ClF6N3O5S. The first-order valence-electron chi connectivity index (χ1n) is 13.1. The van der Waals surface area contributed by atoms with Gasteiger partial charge in [-0.1, -0.05) is 42.0 Å². The minimum absolute atomic E-state index is 0.00414. The lowest BCUT2D eigenvalue weighted by Crippen LogP contribution is -2.62. The Kier molecular flexibility index (Phi) is 8.29. The first kappa shape index (κ1) is 32.2. The lowest BCUT2D eigenvalue weighted by molar-refractivity contribution is -0.156. The van der Waals surface area contributed by atoms with Crippen LogP contribution in [0.5, 0.6) is 0 Å². The molecule has 0 radical (unpaired) electrons. The van der Waals surface area contributed by atoms with Crippen LogP contribution < -0.4 is 9.21 Å². The minimum Gasteiger partial charge on any atom is -0.474 e. The van der Waals surface area contributed by atoms with E-state index >= 15 is 0 Å². The molecule has 1 saturated heterocycles. The molecular weight excluding hydrogens is 652 g/mol. The summed E-state index contributed by atoms with van der Waals surface area (Å²) in [6, 6.07) is 10.0. The minimum atomic E-state index is -4.84. The Morgan fingerprint density at radius 2 is 1.58 bits per heavy atom. The molecule has 0 aromatic heterocycles. The average molecular weight is 674 g/mol. The Morgan fingerprint density at radius 3 is 2.24 bits per heavy atom. The van der Waals surface area contributed by atoms with E-state index in [9.17, 15) is 49.5 Å². The molecule has 16 heteroatoms. The van der Waals surface area contributed by atoms with E-state index in [1.165, 1.54) is 30.3 Å². The average Bonchev–Trinajstić information content (AvgIpc) is 2.98. The third kappa shape index (κ3) is 6.31. The van der Waals surface area contributed by atoms with Gasteiger partial charge < -0.3 is 14.9 Å². The van der Waals surface area contributed by atoms with Gasteiger partial charge in [-0.15, -0.1) is 0 Å². The van der Waals surface area contributed by atoms with Crippen LogP contribution >= 0.6 is 11.6 Å². The lowest BCUT2D eigenvalue weighted by atomic mass is 10.0. The molecule has 5 rings (SSSR count). The highest BCUT2D eigenvalue weighted by Crippen LogP contribution is 2.42. The van der Waals surface area contributed by atoms with Crippen molar-refractivity contribution in [3.63, 3.8) is 0 Å². The number of fused-ring (bicyclic) bond motifs is 3. The van der Waals surface area contributed by atoms with Crippen LogP contribution in [0.2, 0.25) is 5.02 Å². The van der Waals surface area contributed by atoms with Gasteiger partial charge in [0.2, 0.25) is 0 Å². The first-order chi connectivity index (χ1) is 21.0. The van der Waals surface area contributed by atoms with Crippen LogP contribution in [0.1, 0.15) is 22.3 Å². The Bertz CT molecular complexity index is 1810. The van der Waals surface area contributed by atoms with E-state index in [0.29, 0.717) is 17.8 Å². The number of halogens is 7. The van der Waals surface area contributed by atoms with E-state index < -0.39 is 56.3 Å². The predicted octanol–water partition coefficient (Wildman–Crippen LogP) is 5.86. The van der Waals surface area contributed by atoms with Gasteiger partial charge in [-0.3, -0.25) is 9.10 Å². The van der Waals surface area contributed by atoms with Gasteiger partial charge in [-0.05, 0) is 48.0 Å². The Morgan fingerprint density at radius 1 is 0.867 bits per heavy atom. The molecule has 45 heavy (non-hydrogen) atoms. The van der Waals surface area contributed by atoms with Crippen LogP contribution in [0.15, 0.2) is 65.6 Å². The number of amides is 1. The summed E-state index contributed by atoms with van der Waals surface area (Å²) in [7, 11) is -4.69. The number of benzene rings is 3. The van der Waals surface area contributed by atoms with Crippen molar-refractivity contribution >= 4 is 57.0 Å². The van der Waals surface area contributed by atoms with Crippen LogP contribution in [-0.4, -0.2) is 62.5 Å². The highest BCUT2D eigenvalue weighted by Gasteiger charge is 2.42. The molecule has 238 valence electrons. The van der Waals surface area contributed by atoms with Crippen molar-refractivity contribution in [2.45, 2.75) is 23.3 Å². The van der Waals surface area contributed by atoms with Crippen LogP contribution in [0.3, 0.4) is 0 Å². The van der Waals surface area contributed by atoms with Gasteiger partial charge in [0, 0.05) is 30.2 Å². The van der Waals surface area contributed by atoms with Gasteiger partial charge in [0.05, 0.1) is 40.0 Å². The molecule has 1 fully saturated rings. The summed E-state index contributed by atoms with van der Waals surface area (Å²) < 4.78 is 110. The normalized spacial score (nSPS) is 17.3. The van der Waals surface area contributed by atoms with E-state index in [2.05, 4.69) is 0 Å². The zero-order valence-corrected chi connectivity index (χ0v) is 24.4. The highest BCUT2D eigenvalue weighted by molar-refractivity contribution is 7.92. The number of anilines is 2. The molecule has 0 spiro atoms. The summed E-state index contributed by atoms with van der Waals surface area (Å²) in [5, 5.41) is 9.00. The molecule has 2 aliphatic rings. The van der Waals surface area contributed by atoms with Gasteiger partial charge in [0.1, 0.15) is 0 Å². The first-order valence-corrected chi connectivity index (χ1v) is 15.0. The summed E-state index contributed by atoms with van der Waals surface area (Å²) in [4.78, 5) is 25.6. The molecule has 3 aromatic rings.